The highest BCUT2D eigenvalue weighted by atomic mass is 16.5. The molecule has 3 rings (SSSR count). The summed E-state index contributed by atoms with van der Waals surface area (Å²) in [6.07, 6.45) is 2.46. The molecule has 1 aromatic carbocycles. The Morgan fingerprint density at radius 1 is 1.18 bits per heavy atom. The van der Waals surface area contributed by atoms with Crippen molar-refractivity contribution >= 4 is 11.6 Å². The summed E-state index contributed by atoms with van der Waals surface area (Å²) >= 11 is 0. The summed E-state index contributed by atoms with van der Waals surface area (Å²) in [5, 5.41) is 0. The van der Waals surface area contributed by atoms with Crippen LogP contribution in [0.5, 0.6) is 0 Å². The van der Waals surface area contributed by atoms with E-state index in [0.29, 0.717) is 25.7 Å². The van der Waals surface area contributed by atoms with Crippen molar-refractivity contribution in [2.24, 2.45) is 0 Å². The van der Waals surface area contributed by atoms with Gasteiger partial charge in [0.05, 0.1) is 18.8 Å². The normalized spacial score (nSPS) is 28.4. The number of carbonyl (C=O) groups excluding carboxylic acids is 1. The number of fused-ring (bicyclic) bond motifs is 1. The second-order valence-corrected chi connectivity index (χ2v) is 6.70. The molecule has 0 aromatic heterocycles. The Labute approximate surface area is 133 Å². The summed E-state index contributed by atoms with van der Waals surface area (Å²) in [5.74, 6) is 0.213. The van der Waals surface area contributed by atoms with Crippen molar-refractivity contribution in [1.29, 1.82) is 0 Å². The van der Waals surface area contributed by atoms with Crippen LogP contribution in [0.1, 0.15) is 32.8 Å². The van der Waals surface area contributed by atoms with Crippen molar-refractivity contribution in [2.45, 2.75) is 51.9 Å². The molecule has 2 heterocycles. The number of amides is 1. The molecule has 0 saturated carbocycles. The molecule has 1 amide bonds. The number of aryl methyl sites for hydroxylation is 1. The van der Waals surface area contributed by atoms with Gasteiger partial charge in [-0.1, -0.05) is 18.2 Å². The zero-order chi connectivity index (χ0) is 15.7. The van der Waals surface area contributed by atoms with Crippen LogP contribution < -0.4 is 4.90 Å². The lowest BCUT2D eigenvalue weighted by Gasteiger charge is -2.40. The number of para-hydroxylation sites is 1. The van der Waals surface area contributed by atoms with Crippen molar-refractivity contribution in [2.75, 3.05) is 24.5 Å². The maximum absolute atomic E-state index is 12.7. The van der Waals surface area contributed by atoms with Gasteiger partial charge in [0.25, 0.3) is 0 Å². The molecule has 4 nitrogen and oxygen atoms in total. The minimum atomic E-state index is 0.124. The maximum Gasteiger partial charge on any atom is 0.242 e. The minimum absolute atomic E-state index is 0.124. The van der Waals surface area contributed by atoms with Gasteiger partial charge in [-0.15, -0.1) is 0 Å². The van der Waals surface area contributed by atoms with Crippen molar-refractivity contribution in [3.63, 3.8) is 0 Å². The van der Waals surface area contributed by atoms with Gasteiger partial charge < -0.3 is 14.5 Å². The zero-order valence-corrected chi connectivity index (χ0v) is 13.8. The van der Waals surface area contributed by atoms with E-state index in [1.54, 1.807) is 0 Å². The fraction of sp³-hybridized carbons (Fsp3) is 0.611. The van der Waals surface area contributed by atoms with Crippen molar-refractivity contribution in [1.82, 2.24) is 4.90 Å². The monoisotopic (exact) mass is 302 g/mol. The highest BCUT2D eigenvalue weighted by molar-refractivity contribution is 5.82. The third kappa shape index (κ3) is 3.12. The van der Waals surface area contributed by atoms with E-state index in [2.05, 4.69) is 36.1 Å². The third-order valence-electron chi connectivity index (χ3n) is 4.74. The number of morpholine rings is 1. The number of rotatable bonds is 2. The van der Waals surface area contributed by atoms with Gasteiger partial charge in [0.15, 0.2) is 0 Å². The van der Waals surface area contributed by atoms with Gasteiger partial charge >= 0.3 is 0 Å². The van der Waals surface area contributed by atoms with Crippen LogP contribution in [0.3, 0.4) is 0 Å². The van der Waals surface area contributed by atoms with E-state index in [4.69, 9.17) is 4.74 Å². The Morgan fingerprint density at radius 2 is 1.86 bits per heavy atom. The molecular weight excluding hydrogens is 276 g/mol. The number of hydrogen-bond donors (Lipinski definition) is 0. The molecular formula is C18H26N2O2. The van der Waals surface area contributed by atoms with E-state index in [1.165, 1.54) is 11.3 Å². The standard InChI is InChI=1S/C18H26N2O2/c1-13-8-9-16-6-4-5-7-17(16)20(13)12-18(21)19-10-14(2)22-15(3)11-19/h4-7,13-15H,8-12H2,1-3H3. The average Bonchev–Trinajstić information content (AvgIpc) is 2.49. The highest BCUT2D eigenvalue weighted by Crippen LogP contribution is 2.30. The largest absolute Gasteiger partial charge is 0.372 e. The molecule has 1 saturated heterocycles. The molecule has 1 aromatic rings. The lowest BCUT2D eigenvalue weighted by atomic mass is 9.96. The van der Waals surface area contributed by atoms with E-state index in [0.717, 1.165) is 12.8 Å². The molecule has 4 heteroatoms. The number of benzene rings is 1. The molecule has 120 valence electrons. The average molecular weight is 302 g/mol. The van der Waals surface area contributed by atoms with Gasteiger partial charge in [0.2, 0.25) is 5.91 Å². The van der Waals surface area contributed by atoms with E-state index >= 15 is 0 Å². The number of anilines is 1. The molecule has 0 N–H and O–H groups in total. The summed E-state index contributed by atoms with van der Waals surface area (Å²) in [7, 11) is 0. The maximum atomic E-state index is 12.7. The number of hydrogen-bond acceptors (Lipinski definition) is 3. The van der Waals surface area contributed by atoms with Gasteiger partial charge in [0.1, 0.15) is 0 Å². The van der Waals surface area contributed by atoms with Crippen LogP contribution in [-0.2, 0) is 16.0 Å². The summed E-state index contributed by atoms with van der Waals surface area (Å²) in [5.41, 5.74) is 2.58. The molecule has 3 unspecified atom stereocenters. The topological polar surface area (TPSA) is 32.8 Å². The van der Waals surface area contributed by atoms with E-state index < -0.39 is 0 Å². The first kappa shape index (κ1) is 15.3. The third-order valence-corrected chi connectivity index (χ3v) is 4.74. The molecule has 1 fully saturated rings. The highest BCUT2D eigenvalue weighted by Gasteiger charge is 2.30. The van der Waals surface area contributed by atoms with Crippen LogP contribution >= 0.6 is 0 Å². The van der Waals surface area contributed by atoms with Crippen LogP contribution in [0.15, 0.2) is 24.3 Å². The van der Waals surface area contributed by atoms with E-state index in [1.807, 2.05) is 18.7 Å². The zero-order valence-electron chi connectivity index (χ0n) is 13.8. The minimum Gasteiger partial charge on any atom is -0.372 e. The Balaban J connectivity index is 1.73. The van der Waals surface area contributed by atoms with Crippen LogP contribution in [0.25, 0.3) is 0 Å². The second-order valence-electron chi connectivity index (χ2n) is 6.70. The Bertz CT molecular complexity index is 536. The first-order valence-corrected chi connectivity index (χ1v) is 8.32. The summed E-state index contributed by atoms with van der Waals surface area (Å²) < 4.78 is 5.73. The van der Waals surface area contributed by atoms with E-state index in [9.17, 15) is 4.79 Å². The van der Waals surface area contributed by atoms with E-state index in [-0.39, 0.29) is 18.1 Å². The quantitative estimate of drug-likeness (QED) is 0.841. The molecule has 3 atom stereocenters. The first-order valence-electron chi connectivity index (χ1n) is 8.32. The van der Waals surface area contributed by atoms with Gasteiger partial charge in [-0.05, 0) is 45.2 Å². The van der Waals surface area contributed by atoms with Crippen LogP contribution in [0, 0.1) is 0 Å². The predicted octanol–water partition coefficient (Wildman–Crippen LogP) is 2.46. The second kappa shape index (κ2) is 6.29. The van der Waals surface area contributed by atoms with Gasteiger partial charge in [-0.25, -0.2) is 0 Å². The molecule has 0 radical (unpaired) electrons. The fourth-order valence-corrected chi connectivity index (χ4v) is 3.63. The lowest BCUT2D eigenvalue weighted by molar-refractivity contribution is -0.141. The van der Waals surface area contributed by atoms with Gasteiger partial charge in [-0.3, -0.25) is 4.79 Å². The smallest absolute Gasteiger partial charge is 0.242 e. The Morgan fingerprint density at radius 3 is 2.59 bits per heavy atom. The molecule has 2 aliphatic heterocycles. The lowest BCUT2D eigenvalue weighted by Crippen LogP contribution is -2.52. The molecule has 0 bridgehead atoms. The molecule has 0 spiro atoms. The summed E-state index contributed by atoms with van der Waals surface area (Å²) in [6, 6.07) is 8.88. The Kier molecular flexibility index (Phi) is 4.39. The first-order chi connectivity index (χ1) is 10.5. The van der Waals surface area contributed by atoms with Crippen molar-refractivity contribution in [3.8, 4) is 0 Å². The van der Waals surface area contributed by atoms with Crippen molar-refractivity contribution in [3.05, 3.63) is 29.8 Å². The summed E-state index contributed by atoms with van der Waals surface area (Å²) in [4.78, 5) is 17.0. The number of nitrogens with zero attached hydrogens (tertiary/aromatic N) is 2. The summed E-state index contributed by atoms with van der Waals surface area (Å²) in [6.45, 7) is 8.16. The van der Waals surface area contributed by atoms with Crippen LogP contribution in [0.2, 0.25) is 0 Å². The molecule has 22 heavy (non-hydrogen) atoms. The SMILES string of the molecule is CC1CN(C(=O)CN2c3ccccc3CCC2C)CC(C)O1. The van der Waals surface area contributed by atoms with Gasteiger partial charge in [-0.2, -0.15) is 0 Å². The van der Waals surface area contributed by atoms with Crippen LogP contribution in [0.4, 0.5) is 5.69 Å². The van der Waals surface area contributed by atoms with Crippen LogP contribution in [-0.4, -0.2) is 48.7 Å². The van der Waals surface area contributed by atoms with Gasteiger partial charge in [0, 0.05) is 24.8 Å². The number of carbonyl (C=O) groups is 1. The molecule has 2 aliphatic rings. The predicted molar refractivity (Wildman–Crippen MR) is 88.2 cm³/mol. The fourth-order valence-electron chi connectivity index (χ4n) is 3.63. The Hall–Kier alpha value is -1.55. The number of ether oxygens (including phenoxy) is 1. The molecule has 0 aliphatic carbocycles. The van der Waals surface area contributed by atoms with Crippen molar-refractivity contribution < 1.29 is 9.53 Å².